The normalized spacial score (nSPS) is 12.0. The quantitative estimate of drug-likeness (QED) is 0.809. The van der Waals surface area contributed by atoms with Gasteiger partial charge in [-0.05, 0) is 42.9 Å². The molecule has 0 amide bonds. The van der Waals surface area contributed by atoms with Crippen molar-refractivity contribution in [2.45, 2.75) is 6.92 Å². The van der Waals surface area contributed by atoms with Crippen molar-refractivity contribution in [3.8, 4) is 17.2 Å². The Balaban J connectivity index is 1.73. The second-order valence-electron chi connectivity index (χ2n) is 4.95. The van der Waals surface area contributed by atoms with Crippen LogP contribution in [0.3, 0.4) is 0 Å². The van der Waals surface area contributed by atoms with Crippen LogP contribution in [0.15, 0.2) is 30.3 Å². The monoisotopic (exact) mass is 350 g/mol. The van der Waals surface area contributed by atoms with Gasteiger partial charge in [-0.25, -0.2) is 0 Å². The number of methoxy groups -OCH3 is 1. The number of nitrogens with one attached hydrogen (secondary N) is 2. The zero-order valence-corrected chi connectivity index (χ0v) is 14.2. The maximum atomic E-state index is 6.10. The molecule has 0 fully saturated rings. The molecule has 0 saturated carbocycles. The number of ether oxygens (including phenoxy) is 3. The standard InChI is InChI=1S/C16H15ClN2O3S/c1-9-5-12(14(20-2)7-11(9)17)19-16(23)18-10-3-4-13-15(6-10)22-8-21-13/h3-7H,8H2,1-2H3,(H2,18,19,23). The first kappa shape index (κ1) is 15.7. The molecule has 5 nitrogen and oxygen atoms in total. The number of hydrogen-bond acceptors (Lipinski definition) is 4. The van der Waals surface area contributed by atoms with Crippen molar-refractivity contribution >= 4 is 40.3 Å². The van der Waals surface area contributed by atoms with Crippen LogP contribution >= 0.6 is 23.8 Å². The molecule has 0 saturated heterocycles. The van der Waals surface area contributed by atoms with E-state index in [9.17, 15) is 0 Å². The van der Waals surface area contributed by atoms with E-state index < -0.39 is 0 Å². The maximum Gasteiger partial charge on any atom is 0.231 e. The summed E-state index contributed by atoms with van der Waals surface area (Å²) in [6.07, 6.45) is 0. The van der Waals surface area contributed by atoms with Gasteiger partial charge in [0, 0.05) is 22.8 Å². The van der Waals surface area contributed by atoms with Crippen molar-refractivity contribution in [1.82, 2.24) is 0 Å². The molecule has 23 heavy (non-hydrogen) atoms. The Bertz CT molecular complexity index is 767. The van der Waals surface area contributed by atoms with Crippen molar-refractivity contribution in [3.05, 3.63) is 40.9 Å². The van der Waals surface area contributed by atoms with E-state index in [1.54, 1.807) is 13.2 Å². The summed E-state index contributed by atoms with van der Waals surface area (Å²) in [6.45, 7) is 2.16. The summed E-state index contributed by atoms with van der Waals surface area (Å²) in [7, 11) is 1.58. The fraction of sp³-hybridized carbons (Fsp3) is 0.188. The fourth-order valence-electron chi connectivity index (χ4n) is 2.19. The maximum absolute atomic E-state index is 6.10. The SMILES string of the molecule is COc1cc(Cl)c(C)cc1NC(=S)Nc1ccc2c(c1)OCO2. The minimum absolute atomic E-state index is 0.239. The van der Waals surface area contributed by atoms with E-state index in [2.05, 4.69) is 10.6 Å². The van der Waals surface area contributed by atoms with Gasteiger partial charge in [0.15, 0.2) is 16.6 Å². The van der Waals surface area contributed by atoms with Crippen molar-refractivity contribution in [1.29, 1.82) is 0 Å². The third kappa shape index (κ3) is 3.43. The molecule has 0 unspecified atom stereocenters. The molecule has 0 spiro atoms. The number of rotatable bonds is 3. The van der Waals surface area contributed by atoms with E-state index in [4.69, 9.17) is 38.0 Å². The van der Waals surface area contributed by atoms with E-state index in [-0.39, 0.29) is 6.79 Å². The number of hydrogen-bond donors (Lipinski definition) is 2. The highest BCUT2D eigenvalue weighted by Gasteiger charge is 2.14. The first-order valence-corrected chi connectivity index (χ1v) is 7.67. The average molecular weight is 351 g/mol. The van der Waals surface area contributed by atoms with E-state index in [1.807, 2.05) is 31.2 Å². The second-order valence-corrected chi connectivity index (χ2v) is 5.76. The number of benzene rings is 2. The minimum atomic E-state index is 0.239. The molecule has 0 radical (unpaired) electrons. The summed E-state index contributed by atoms with van der Waals surface area (Å²) in [6, 6.07) is 9.17. The lowest BCUT2D eigenvalue weighted by atomic mass is 10.2. The predicted molar refractivity (Wildman–Crippen MR) is 95.1 cm³/mol. The summed E-state index contributed by atoms with van der Waals surface area (Å²) in [5, 5.41) is 7.29. The first-order valence-electron chi connectivity index (χ1n) is 6.88. The summed E-state index contributed by atoms with van der Waals surface area (Å²) < 4.78 is 15.9. The molecule has 1 aliphatic rings. The van der Waals surface area contributed by atoms with E-state index >= 15 is 0 Å². The summed E-state index contributed by atoms with van der Waals surface area (Å²) >= 11 is 11.4. The number of thiocarbonyl (C=S) groups is 1. The lowest BCUT2D eigenvalue weighted by Gasteiger charge is -2.15. The zero-order valence-electron chi connectivity index (χ0n) is 12.6. The van der Waals surface area contributed by atoms with Gasteiger partial charge in [0.2, 0.25) is 6.79 Å². The Labute approximate surface area is 144 Å². The van der Waals surface area contributed by atoms with Gasteiger partial charge < -0.3 is 24.8 Å². The fourth-order valence-corrected chi connectivity index (χ4v) is 2.57. The molecule has 0 atom stereocenters. The van der Waals surface area contributed by atoms with Crippen molar-refractivity contribution in [2.24, 2.45) is 0 Å². The summed E-state index contributed by atoms with van der Waals surface area (Å²) in [5.74, 6) is 2.04. The highest BCUT2D eigenvalue weighted by Crippen LogP contribution is 2.34. The molecule has 2 N–H and O–H groups in total. The van der Waals surface area contributed by atoms with Crippen LogP contribution in [0.1, 0.15) is 5.56 Å². The Morgan fingerprint density at radius 1 is 1.17 bits per heavy atom. The number of fused-ring (bicyclic) bond motifs is 1. The van der Waals surface area contributed by atoms with Crippen molar-refractivity contribution < 1.29 is 14.2 Å². The average Bonchev–Trinajstić information content (AvgIpc) is 2.98. The lowest BCUT2D eigenvalue weighted by Crippen LogP contribution is -2.19. The first-order chi connectivity index (χ1) is 11.1. The molecule has 0 aliphatic carbocycles. The van der Waals surface area contributed by atoms with Crippen molar-refractivity contribution in [2.75, 3.05) is 24.5 Å². The Hall–Kier alpha value is -2.18. The number of aryl methyl sites for hydroxylation is 1. The third-order valence-corrected chi connectivity index (χ3v) is 3.97. The van der Waals surface area contributed by atoms with Crippen LogP contribution in [0.2, 0.25) is 5.02 Å². The largest absolute Gasteiger partial charge is 0.495 e. The van der Waals surface area contributed by atoms with Gasteiger partial charge in [0.05, 0.1) is 12.8 Å². The molecule has 2 aromatic carbocycles. The van der Waals surface area contributed by atoms with Crippen molar-refractivity contribution in [3.63, 3.8) is 0 Å². The molecule has 3 rings (SSSR count). The van der Waals surface area contributed by atoms with E-state index in [1.165, 1.54) is 0 Å². The molecule has 7 heteroatoms. The Kier molecular flexibility index (Phi) is 4.45. The Morgan fingerprint density at radius 3 is 2.74 bits per heavy atom. The van der Waals surface area contributed by atoms with Gasteiger partial charge in [-0.3, -0.25) is 0 Å². The summed E-state index contributed by atoms with van der Waals surface area (Å²) in [4.78, 5) is 0. The van der Waals surface area contributed by atoms with Gasteiger partial charge in [-0.15, -0.1) is 0 Å². The Morgan fingerprint density at radius 2 is 1.96 bits per heavy atom. The zero-order chi connectivity index (χ0) is 16.4. The van der Waals surface area contributed by atoms with Crippen LogP contribution in [0, 0.1) is 6.92 Å². The predicted octanol–water partition coefficient (Wildman–Crippen LogP) is 4.19. The van der Waals surface area contributed by atoms with Gasteiger partial charge in [0.25, 0.3) is 0 Å². The van der Waals surface area contributed by atoms with Crippen LogP contribution in [0.25, 0.3) is 0 Å². The highest BCUT2D eigenvalue weighted by atomic mass is 35.5. The number of anilines is 2. The third-order valence-electron chi connectivity index (χ3n) is 3.36. The van der Waals surface area contributed by atoms with Gasteiger partial charge in [-0.1, -0.05) is 11.6 Å². The van der Waals surface area contributed by atoms with Gasteiger partial charge in [-0.2, -0.15) is 0 Å². The molecular formula is C16H15ClN2O3S. The minimum Gasteiger partial charge on any atom is -0.495 e. The lowest BCUT2D eigenvalue weighted by molar-refractivity contribution is 0.174. The molecule has 1 heterocycles. The van der Waals surface area contributed by atoms with Crippen LogP contribution in [0.5, 0.6) is 17.2 Å². The van der Waals surface area contributed by atoms with E-state index in [0.717, 1.165) is 22.7 Å². The van der Waals surface area contributed by atoms with Crippen LogP contribution in [-0.2, 0) is 0 Å². The topological polar surface area (TPSA) is 51.8 Å². The highest BCUT2D eigenvalue weighted by molar-refractivity contribution is 7.80. The van der Waals surface area contributed by atoms with Crippen LogP contribution in [0.4, 0.5) is 11.4 Å². The smallest absolute Gasteiger partial charge is 0.231 e. The molecule has 0 aromatic heterocycles. The van der Waals surface area contributed by atoms with Crippen LogP contribution in [-0.4, -0.2) is 19.0 Å². The number of halogens is 1. The van der Waals surface area contributed by atoms with Gasteiger partial charge >= 0.3 is 0 Å². The van der Waals surface area contributed by atoms with Crippen LogP contribution < -0.4 is 24.8 Å². The molecular weight excluding hydrogens is 336 g/mol. The molecule has 0 bridgehead atoms. The molecule has 120 valence electrons. The summed E-state index contributed by atoms with van der Waals surface area (Å²) in [5.41, 5.74) is 2.48. The van der Waals surface area contributed by atoms with Gasteiger partial charge in [0.1, 0.15) is 5.75 Å². The molecule has 2 aromatic rings. The van der Waals surface area contributed by atoms with E-state index in [0.29, 0.717) is 21.6 Å². The molecule has 1 aliphatic heterocycles. The second kappa shape index (κ2) is 6.52.